The van der Waals surface area contributed by atoms with Gasteiger partial charge < -0.3 is 9.53 Å². The Balaban J connectivity index is 3.40. The number of unbranched alkanes of at least 4 members (excludes halogenated alkanes) is 3. The first-order valence-corrected chi connectivity index (χ1v) is 7.26. The lowest BCUT2D eigenvalue weighted by Crippen LogP contribution is -2.28. The molecule has 0 aromatic carbocycles. The summed E-state index contributed by atoms with van der Waals surface area (Å²) in [7, 11) is 3.69. The first kappa shape index (κ1) is 18.6. The molecule has 0 amide bonds. The van der Waals surface area contributed by atoms with Crippen molar-refractivity contribution in [2.45, 2.75) is 64.9 Å². The molecule has 0 aliphatic heterocycles. The Hall–Kier alpha value is -0.450. The van der Waals surface area contributed by atoms with E-state index in [1.807, 2.05) is 12.1 Å². The van der Waals surface area contributed by atoms with Gasteiger partial charge in [0.2, 0.25) is 0 Å². The van der Waals surface area contributed by atoms with Gasteiger partial charge in [-0.1, -0.05) is 12.8 Å². The Labute approximate surface area is 118 Å². The molecule has 0 saturated heterocycles. The van der Waals surface area contributed by atoms with Gasteiger partial charge in [-0.05, 0) is 33.6 Å². The van der Waals surface area contributed by atoms with Gasteiger partial charge in [-0.3, -0.25) is 4.84 Å². The Morgan fingerprint density at radius 2 is 1.79 bits per heavy atom. The predicted molar refractivity (Wildman–Crippen MR) is 78.1 cm³/mol. The second-order valence-corrected chi connectivity index (χ2v) is 5.76. The summed E-state index contributed by atoms with van der Waals surface area (Å²) in [5.74, 6) is 0.293. The van der Waals surface area contributed by atoms with E-state index in [1.165, 1.54) is 0 Å². The van der Waals surface area contributed by atoms with E-state index in [9.17, 15) is 4.79 Å². The lowest BCUT2D eigenvalue weighted by Gasteiger charge is -2.24. The molecule has 114 valence electrons. The van der Waals surface area contributed by atoms with E-state index in [0.717, 1.165) is 45.1 Å². The number of hydroxylamine groups is 2. The summed E-state index contributed by atoms with van der Waals surface area (Å²) in [5.41, 5.74) is -0.118. The third kappa shape index (κ3) is 12.3. The SMILES string of the molecule is COC(C)(C)CCON(C)CCCCCCC(C)=O. The fourth-order valence-corrected chi connectivity index (χ4v) is 1.68. The third-order valence-electron chi connectivity index (χ3n) is 3.32. The zero-order valence-corrected chi connectivity index (χ0v) is 13.3. The van der Waals surface area contributed by atoms with Gasteiger partial charge in [0.05, 0.1) is 12.2 Å². The van der Waals surface area contributed by atoms with Gasteiger partial charge in [0.15, 0.2) is 0 Å². The van der Waals surface area contributed by atoms with Gasteiger partial charge >= 0.3 is 0 Å². The van der Waals surface area contributed by atoms with Gasteiger partial charge in [0, 0.05) is 33.5 Å². The third-order valence-corrected chi connectivity index (χ3v) is 3.32. The van der Waals surface area contributed by atoms with E-state index < -0.39 is 0 Å². The quantitative estimate of drug-likeness (QED) is 0.404. The van der Waals surface area contributed by atoms with Crippen LogP contribution < -0.4 is 0 Å². The summed E-state index contributed by atoms with van der Waals surface area (Å²) < 4.78 is 5.34. The van der Waals surface area contributed by atoms with Crippen LogP contribution in [0.15, 0.2) is 0 Å². The summed E-state index contributed by atoms with van der Waals surface area (Å²) in [6.45, 7) is 7.40. The Bertz CT molecular complexity index is 242. The maximum Gasteiger partial charge on any atom is 0.129 e. The number of nitrogens with zero attached hydrogens (tertiary/aromatic N) is 1. The molecule has 0 aliphatic rings. The molecule has 0 atom stereocenters. The van der Waals surface area contributed by atoms with Crippen molar-refractivity contribution in [2.75, 3.05) is 27.3 Å². The summed E-state index contributed by atoms with van der Waals surface area (Å²) in [5, 5.41) is 1.90. The molecule has 0 radical (unpaired) electrons. The van der Waals surface area contributed by atoms with Crippen LogP contribution in [-0.4, -0.2) is 43.8 Å². The van der Waals surface area contributed by atoms with Crippen LogP contribution in [0.25, 0.3) is 0 Å². The molecule has 4 nitrogen and oxygen atoms in total. The van der Waals surface area contributed by atoms with Crippen molar-refractivity contribution >= 4 is 5.78 Å². The zero-order valence-electron chi connectivity index (χ0n) is 13.3. The topological polar surface area (TPSA) is 38.8 Å². The number of hydrogen-bond acceptors (Lipinski definition) is 4. The molecule has 0 spiro atoms. The van der Waals surface area contributed by atoms with Crippen molar-refractivity contribution in [1.82, 2.24) is 5.06 Å². The number of ether oxygens (including phenoxy) is 1. The van der Waals surface area contributed by atoms with Crippen LogP contribution in [-0.2, 0) is 14.4 Å². The maximum atomic E-state index is 10.8. The minimum absolute atomic E-state index is 0.118. The van der Waals surface area contributed by atoms with E-state index >= 15 is 0 Å². The van der Waals surface area contributed by atoms with Crippen molar-refractivity contribution in [3.8, 4) is 0 Å². The average Bonchev–Trinajstić information content (AvgIpc) is 2.33. The number of rotatable bonds is 12. The van der Waals surface area contributed by atoms with E-state index in [1.54, 1.807) is 14.0 Å². The monoisotopic (exact) mass is 273 g/mol. The second-order valence-electron chi connectivity index (χ2n) is 5.76. The maximum absolute atomic E-state index is 10.8. The minimum Gasteiger partial charge on any atom is -0.379 e. The van der Waals surface area contributed by atoms with Crippen molar-refractivity contribution in [3.05, 3.63) is 0 Å². The number of carbonyl (C=O) groups is 1. The Kier molecular flexibility index (Phi) is 10.1. The number of methoxy groups -OCH3 is 1. The highest BCUT2D eigenvalue weighted by Crippen LogP contribution is 2.13. The highest BCUT2D eigenvalue weighted by Gasteiger charge is 2.16. The van der Waals surface area contributed by atoms with Crippen LogP contribution in [0.3, 0.4) is 0 Å². The first-order chi connectivity index (χ1) is 8.87. The molecule has 19 heavy (non-hydrogen) atoms. The van der Waals surface area contributed by atoms with Gasteiger partial charge in [0.25, 0.3) is 0 Å². The van der Waals surface area contributed by atoms with Crippen LogP contribution in [0.1, 0.15) is 59.3 Å². The minimum atomic E-state index is -0.118. The lowest BCUT2D eigenvalue weighted by molar-refractivity contribution is -0.153. The highest BCUT2D eigenvalue weighted by molar-refractivity contribution is 5.75. The summed E-state index contributed by atoms with van der Waals surface area (Å²) in [6.07, 6.45) is 6.02. The van der Waals surface area contributed by atoms with E-state index in [2.05, 4.69) is 13.8 Å². The molecular formula is C15H31NO3. The number of hydrogen-bond donors (Lipinski definition) is 0. The fraction of sp³-hybridized carbons (Fsp3) is 0.933. The van der Waals surface area contributed by atoms with Crippen LogP contribution in [0, 0.1) is 0 Å². The number of carbonyl (C=O) groups excluding carboxylic acids is 1. The van der Waals surface area contributed by atoms with E-state index in [4.69, 9.17) is 9.57 Å². The highest BCUT2D eigenvalue weighted by atomic mass is 16.7. The summed E-state index contributed by atoms with van der Waals surface area (Å²) >= 11 is 0. The van der Waals surface area contributed by atoms with Gasteiger partial charge in [-0.25, -0.2) is 0 Å². The molecule has 0 aliphatic carbocycles. The second kappa shape index (κ2) is 10.4. The van der Waals surface area contributed by atoms with Gasteiger partial charge in [0.1, 0.15) is 5.78 Å². The Morgan fingerprint density at radius 1 is 1.16 bits per heavy atom. The standard InChI is InChI=1S/C15H31NO3/c1-14(17)10-8-6-7-9-12-16(4)19-13-11-15(2,3)18-5/h6-13H2,1-5H3. The summed E-state index contributed by atoms with van der Waals surface area (Å²) in [4.78, 5) is 16.4. The molecule has 0 saturated carbocycles. The molecular weight excluding hydrogens is 242 g/mol. The lowest BCUT2D eigenvalue weighted by atomic mass is 10.1. The average molecular weight is 273 g/mol. The van der Waals surface area contributed by atoms with Crippen LogP contribution in [0.4, 0.5) is 0 Å². The molecule has 0 aromatic rings. The van der Waals surface area contributed by atoms with Gasteiger partial charge in [-0.2, -0.15) is 5.06 Å². The van der Waals surface area contributed by atoms with Crippen molar-refractivity contribution < 1.29 is 14.4 Å². The molecule has 0 aromatic heterocycles. The van der Waals surface area contributed by atoms with Crippen LogP contribution >= 0.6 is 0 Å². The number of Topliss-reactive ketones (excluding diaryl/α,β-unsaturated/α-hetero) is 1. The zero-order chi connectivity index (χ0) is 14.7. The largest absolute Gasteiger partial charge is 0.379 e. The first-order valence-electron chi connectivity index (χ1n) is 7.26. The predicted octanol–water partition coefficient (Wildman–Crippen LogP) is 3.20. The molecule has 0 heterocycles. The van der Waals surface area contributed by atoms with E-state index in [0.29, 0.717) is 12.4 Å². The molecule has 4 heteroatoms. The fourth-order valence-electron chi connectivity index (χ4n) is 1.68. The smallest absolute Gasteiger partial charge is 0.129 e. The van der Waals surface area contributed by atoms with Crippen LogP contribution in [0.2, 0.25) is 0 Å². The number of ketones is 1. The normalized spacial score (nSPS) is 12.1. The van der Waals surface area contributed by atoms with Gasteiger partial charge in [-0.15, -0.1) is 0 Å². The molecule has 0 unspecified atom stereocenters. The molecule has 0 N–H and O–H groups in total. The van der Waals surface area contributed by atoms with Crippen LogP contribution in [0.5, 0.6) is 0 Å². The van der Waals surface area contributed by atoms with Crippen molar-refractivity contribution in [3.63, 3.8) is 0 Å². The molecule has 0 rings (SSSR count). The summed E-state index contributed by atoms with van der Waals surface area (Å²) in [6, 6.07) is 0. The molecule has 0 fully saturated rings. The van der Waals surface area contributed by atoms with E-state index in [-0.39, 0.29) is 5.60 Å². The Morgan fingerprint density at radius 3 is 2.37 bits per heavy atom. The van der Waals surface area contributed by atoms with Crippen molar-refractivity contribution in [2.24, 2.45) is 0 Å². The molecule has 0 bridgehead atoms. The van der Waals surface area contributed by atoms with Crippen molar-refractivity contribution in [1.29, 1.82) is 0 Å².